The molecule has 4 atom stereocenters. The van der Waals surface area contributed by atoms with Crippen molar-refractivity contribution < 1.29 is 19.4 Å². The van der Waals surface area contributed by atoms with Crippen LogP contribution in [-0.4, -0.2) is 64.7 Å². The van der Waals surface area contributed by atoms with Crippen LogP contribution in [0.25, 0.3) is 0 Å². The number of carbonyl (C=O) groups is 2. The summed E-state index contributed by atoms with van der Waals surface area (Å²) in [5, 5.41) is 11.0. The molecule has 0 saturated carbocycles. The predicted molar refractivity (Wildman–Crippen MR) is 151 cm³/mol. The number of likely N-dealkylation sites (tertiary alicyclic amines) is 1. The van der Waals surface area contributed by atoms with Gasteiger partial charge in [-0.25, -0.2) is 0 Å². The third kappa shape index (κ3) is 6.53. The molecule has 0 aliphatic carbocycles. The lowest BCUT2D eigenvalue weighted by atomic mass is 9.67. The molecule has 2 aliphatic rings. The van der Waals surface area contributed by atoms with Crippen molar-refractivity contribution in [3.8, 4) is 0 Å². The van der Waals surface area contributed by atoms with Crippen LogP contribution in [0.2, 0.25) is 10.0 Å². The molecule has 4 rings (SSSR count). The molecule has 1 amide bonds. The van der Waals surface area contributed by atoms with Crippen LogP contribution in [0.15, 0.2) is 48.5 Å². The van der Waals surface area contributed by atoms with Crippen molar-refractivity contribution in [2.24, 2.45) is 5.41 Å². The van der Waals surface area contributed by atoms with Crippen LogP contribution >= 0.6 is 23.2 Å². The van der Waals surface area contributed by atoms with E-state index in [9.17, 15) is 14.7 Å². The second-order valence-corrected chi connectivity index (χ2v) is 12.6. The Kier molecular flexibility index (Phi) is 8.78. The minimum Gasteiger partial charge on any atom is -0.481 e. The van der Waals surface area contributed by atoms with E-state index in [1.807, 2.05) is 53.4 Å². The van der Waals surface area contributed by atoms with Crippen LogP contribution < -0.4 is 0 Å². The minimum absolute atomic E-state index is 0.118. The fourth-order valence-electron chi connectivity index (χ4n) is 6.18. The number of carboxylic acid groups (broad SMARTS) is 1. The van der Waals surface area contributed by atoms with Crippen LogP contribution in [0.3, 0.4) is 0 Å². The Morgan fingerprint density at radius 3 is 2.45 bits per heavy atom. The summed E-state index contributed by atoms with van der Waals surface area (Å²) in [5.41, 5.74) is 0.723. The number of morpholine rings is 1. The summed E-state index contributed by atoms with van der Waals surface area (Å²) >= 11 is 12.6. The number of carbonyl (C=O) groups excluding carboxylic acids is 1. The SMILES string of the molecule is CC(CCN1CCOC(C)(C)C1)N1C(=O)C(C)(CC(=O)O)CC(c2cccc(Cl)c2)C1c1ccc(Cl)cc1. The van der Waals surface area contributed by atoms with Gasteiger partial charge in [-0.05, 0) is 69.0 Å². The van der Waals surface area contributed by atoms with Gasteiger partial charge in [0.1, 0.15) is 0 Å². The number of rotatable bonds is 8. The van der Waals surface area contributed by atoms with E-state index in [1.54, 1.807) is 6.92 Å². The molecule has 2 aromatic carbocycles. The van der Waals surface area contributed by atoms with Gasteiger partial charge in [0.25, 0.3) is 0 Å². The van der Waals surface area contributed by atoms with E-state index in [-0.39, 0.29) is 35.9 Å². The predicted octanol–water partition coefficient (Wildman–Crippen LogP) is 6.42. The molecule has 0 radical (unpaired) electrons. The fourth-order valence-corrected chi connectivity index (χ4v) is 6.50. The number of carboxylic acids is 1. The van der Waals surface area contributed by atoms with E-state index in [2.05, 4.69) is 25.7 Å². The normalized spacial score (nSPS) is 26.8. The van der Waals surface area contributed by atoms with Crippen LogP contribution in [0.4, 0.5) is 0 Å². The first-order chi connectivity index (χ1) is 17.9. The molecular weight excluding hydrogens is 523 g/mol. The third-order valence-electron chi connectivity index (χ3n) is 7.97. The molecule has 2 aromatic rings. The van der Waals surface area contributed by atoms with Crippen molar-refractivity contribution in [3.05, 3.63) is 69.7 Å². The lowest BCUT2D eigenvalue weighted by Crippen LogP contribution is -2.56. The summed E-state index contributed by atoms with van der Waals surface area (Å²) in [6.45, 7) is 11.3. The zero-order chi connectivity index (χ0) is 27.7. The molecule has 0 spiro atoms. The first-order valence-electron chi connectivity index (χ1n) is 13.3. The molecule has 0 bridgehead atoms. The summed E-state index contributed by atoms with van der Waals surface area (Å²) in [4.78, 5) is 30.5. The third-order valence-corrected chi connectivity index (χ3v) is 8.46. The van der Waals surface area contributed by atoms with Gasteiger partial charge in [0.15, 0.2) is 0 Å². The number of hydrogen-bond donors (Lipinski definition) is 1. The summed E-state index contributed by atoms with van der Waals surface area (Å²) in [5.74, 6) is -1.23. The molecule has 6 nitrogen and oxygen atoms in total. The summed E-state index contributed by atoms with van der Waals surface area (Å²) in [6.07, 6.45) is 0.946. The quantitative estimate of drug-likeness (QED) is 0.403. The average molecular weight is 562 g/mol. The van der Waals surface area contributed by atoms with Gasteiger partial charge in [-0.15, -0.1) is 0 Å². The molecule has 8 heteroatoms. The van der Waals surface area contributed by atoms with E-state index >= 15 is 0 Å². The van der Waals surface area contributed by atoms with Crippen molar-refractivity contribution in [1.29, 1.82) is 0 Å². The van der Waals surface area contributed by atoms with Crippen molar-refractivity contribution in [1.82, 2.24) is 9.80 Å². The highest BCUT2D eigenvalue weighted by Crippen LogP contribution is 2.52. The Hall–Kier alpha value is -2.12. The molecule has 2 fully saturated rings. The van der Waals surface area contributed by atoms with E-state index < -0.39 is 11.4 Å². The number of benzene rings is 2. The number of hydrogen-bond acceptors (Lipinski definition) is 4. The molecule has 2 aliphatic heterocycles. The Morgan fingerprint density at radius 2 is 1.82 bits per heavy atom. The summed E-state index contributed by atoms with van der Waals surface area (Å²) in [7, 11) is 0. The van der Waals surface area contributed by atoms with Crippen molar-refractivity contribution in [3.63, 3.8) is 0 Å². The molecule has 0 aromatic heterocycles. The number of aliphatic carboxylic acids is 1. The molecule has 2 heterocycles. The highest BCUT2D eigenvalue weighted by molar-refractivity contribution is 6.30. The Balaban J connectivity index is 1.74. The second kappa shape index (κ2) is 11.5. The van der Waals surface area contributed by atoms with Gasteiger partial charge < -0.3 is 14.7 Å². The number of amides is 1. The zero-order valence-corrected chi connectivity index (χ0v) is 24.1. The molecule has 38 heavy (non-hydrogen) atoms. The first kappa shape index (κ1) is 28.9. The van der Waals surface area contributed by atoms with E-state index in [0.717, 1.165) is 37.2 Å². The van der Waals surface area contributed by atoms with Crippen molar-refractivity contribution in [2.75, 3.05) is 26.2 Å². The Morgan fingerprint density at radius 1 is 1.11 bits per heavy atom. The molecule has 4 unspecified atom stereocenters. The van der Waals surface area contributed by atoms with Gasteiger partial charge in [0.2, 0.25) is 5.91 Å². The number of piperidine rings is 1. The molecule has 206 valence electrons. The highest BCUT2D eigenvalue weighted by atomic mass is 35.5. The first-order valence-corrected chi connectivity index (χ1v) is 14.1. The van der Waals surface area contributed by atoms with Gasteiger partial charge in [-0.2, -0.15) is 0 Å². The van der Waals surface area contributed by atoms with Gasteiger partial charge >= 0.3 is 5.97 Å². The molecule has 1 N–H and O–H groups in total. The lowest BCUT2D eigenvalue weighted by molar-refractivity contribution is -0.160. The summed E-state index contributed by atoms with van der Waals surface area (Å²) < 4.78 is 5.87. The van der Waals surface area contributed by atoms with Crippen molar-refractivity contribution in [2.45, 2.75) is 70.6 Å². The van der Waals surface area contributed by atoms with E-state index in [1.165, 1.54) is 0 Å². The fraction of sp³-hybridized carbons (Fsp3) is 0.533. The van der Waals surface area contributed by atoms with E-state index in [4.69, 9.17) is 27.9 Å². The van der Waals surface area contributed by atoms with Gasteiger partial charge in [0.05, 0.1) is 30.1 Å². The topological polar surface area (TPSA) is 70.1 Å². The number of nitrogens with zero attached hydrogens (tertiary/aromatic N) is 2. The van der Waals surface area contributed by atoms with Crippen molar-refractivity contribution >= 4 is 35.1 Å². The van der Waals surface area contributed by atoms with Crippen LogP contribution in [0.5, 0.6) is 0 Å². The Labute approximate surface area is 235 Å². The lowest BCUT2D eigenvalue weighted by Gasteiger charge is -2.51. The van der Waals surface area contributed by atoms with Gasteiger partial charge in [-0.1, -0.05) is 54.4 Å². The highest BCUT2D eigenvalue weighted by Gasteiger charge is 2.51. The Bertz CT molecular complexity index is 1160. The average Bonchev–Trinajstić information content (AvgIpc) is 2.83. The van der Waals surface area contributed by atoms with Crippen LogP contribution in [0.1, 0.15) is 70.0 Å². The molecular formula is C30H38Cl2N2O4. The maximum atomic E-state index is 14.2. The number of ether oxygens (including phenoxy) is 1. The zero-order valence-electron chi connectivity index (χ0n) is 22.6. The van der Waals surface area contributed by atoms with Gasteiger partial charge in [0, 0.05) is 41.6 Å². The second-order valence-electron chi connectivity index (χ2n) is 11.7. The standard InChI is InChI=1S/C30H38Cl2N2O4/c1-20(12-13-33-14-15-38-29(2,3)19-33)34-27(21-8-10-23(31)11-9-21)25(22-6-5-7-24(32)16-22)17-30(4,28(34)37)18-26(35)36/h5-11,16,20,25,27H,12-15,17-19H2,1-4H3,(H,35,36). The molecule has 2 saturated heterocycles. The number of halogens is 2. The maximum Gasteiger partial charge on any atom is 0.304 e. The maximum absolute atomic E-state index is 14.2. The van der Waals surface area contributed by atoms with Crippen LogP contribution in [0, 0.1) is 5.41 Å². The largest absolute Gasteiger partial charge is 0.481 e. The van der Waals surface area contributed by atoms with Gasteiger partial charge in [-0.3, -0.25) is 14.5 Å². The summed E-state index contributed by atoms with van der Waals surface area (Å²) in [6, 6.07) is 14.9. The smallest absolute Gasteiger partial charge is 0.304 e. The minimum atomic E-state index is -1.04. The van der Waals surface area contributed by atoms with E-state index in [0.29, 0.717) is 23.1 Å². The van der Waals surface area contributed by atoms with Crippen LogP contribution in [-0.2, 0) is 14.3 Å². The monoisotopic (exact) mass is 560 g/mol.